The molecule has 0 saturated carbocycles. The van der Waals surface area contributed by atoms with E-state index in [0.717, 1.165) is 37.0 Å². The average Bonchev–Trinajstić information content (AvgIpc) is 3.26. The third kappa shape index (κ3) is 7.64. The quantitative estimate of drug-likeness (QED) is 0.266. The van der Waals surface area contributed by atoms with Crippen molar-refractivity contribution in [1.29, 1.82) is 0 Å². The number of rotatable bonds is 12. The van der Waals surface area contributed by atoms with E-state index in [4.69, 9.17) is 9.26 Å². The monoisotopic (exact) mass is 601 g/mol. The molecule has 2 atom stereocenters. The summed E-state index contributed by atoms with van der Waals surface area (Å²) in [6, 6.07) is 8.77. The Morgan fingerprint density at radius 1 is 1.19 bits per heavy atom. The molecule has 0 spiro atoms. The van der Waals surface area contributed by atoms with Gasteiger partial charge in [-0.25, -0.2) is 0 Å². The second-order valence-electron chi connectivity index (χ2n) is 10.2. The fourth-order valence-electron chi connectivity index (χ4n) is 4.97. The molecule has 0 amide bonds. The van der Waals surface area contributed by atoms with Gasteiger partial charge in [-0.05, 0) is 42.7 Å². The zero-order valence-electron chi connectivity index (χ0n) is 21.7. The number of aryl methyl sites for hydroxylation is 1. The summed E-state index contributed by atoms with van der Waals surface area (Å²) in [6.45, 7) is 6.18. The number of benzene rings is 1. The van der Waals surface area contributed by atoms with Crippen molar-refractivity contribution in [2.24, 2.45) is 0 Å². The van der Waals surface area contributed by atoms with E-state index < -0.39 is 0 Å². The molecule has 1 aliphatic heterocycles. The van der Waals surface area contributed by atoms with Crippen LogP contribution >= 0.6 is 0 Å². The number of unbranched alkanes of at least 4 members (excludes halogenated alkanes) is 1. The molecule has 2 aromatic rings. The minimum absolute atomic E-state index is 0.132. The number of ether oxygens (including phenoxy) is 1. The molecule has 0 N–H and O–H groups in total. The number of allylic oxidation sites excluding steroid dienone is 3. The SMILES string of the molecule is CC(C)OC1=C[I-]C=CC(c2noc([C@H](C)CCCCC(=O)CCC3CCCc4ccccc43)n2)=C1. The van der Waals surface area contributed by atoms with Crippen molar-refractivity contribution in [1.82, 2.24) is 10.1 Å². The van der Waals surface area contributed by atoms with Gasteiger partial charge < -0.3 is 0 Å². The Labute approximate surface area is 225 Å². The number of hydrogen-bond donors (Lipinski definition) is 0. The summed E-state index contributed by atoms with van der Waals surface area (Å²) in [5.41, 5.74) is 3.88. The van der Waals surface area contributed by atoms with Crippen molar-refractivity contribution in [2.45, 2.75) is 96.5 Å². The van der Waals surface area contributed by atoms with Crippen LogP contribution in [0.25, 0.3) is 5.57 Å². The first-order chi connectivity index (χ1) is 17.5. The van der Waals surface area contributed by atoms with Crippen molar-refractivity contribution in [3.8, 4) is 0 Å². The molecule has 2 aliphatic rings. The molecular weight excluding hydrogens is 563 g/mol. The van der Waals surface area contributed by atoms with Crippen molar-refractivity contribution >= 4 is 11.4 Å². The van der Waals surface area contributed by atoms with Gasteiger partial charge in [0.05, 0.1) is 0 Å². The van der Waals surface area contributed by atoms with Crippen LogP contribution in [0.15, 0.2) is 54.9 Å². The third-order valence-corrected chi connectivity index (χ3v) is 8.63. The van der Waals surface area contributed by atoms with Crippen LogP contribution in [0.1, 0.15) is 107 Å². The Balaban J connectivity index is 1.20. The topological polar surface area (TPSA) is 65.2 Å². The van der Waals surface area contributed by atoms with E-state index in [1.165, 1.54) is 30.4 Å². The molecule has 194 valence electrons. The molecule has 1 aliphatic carbocycles. The van der Waals surface area contributed by atoms with Gasteiger partial charge in [-0.2, -0.15) is 0 Å². The number of fused-ring (bicyclic) bond motifs is 1. The first-order valence-corrected chi connectivity index (χ1v) is 15.8. The van der Waals surface area contributed by atoms with Crippen LogP contribution in [0.5, 0.6) is 0 Å². The molecule has 0 bridgehead atoms. The van der Waals surface area contributed by atoms with Crippen LogP contribution in [0.3, 0.4) is 0 Å². The Bertz CT molecular complexity index is 1110. The molecule has 6 heteroatoms. The standard InChI is InChI=1S/C30H38IN2O3/c1-21(2)35-27-19-25(17-18-31-20-27)29-32-30(36-33-29)22(3)9-4-6-13-26(34)16-15-24-12-8-11-23-10-5-7-14-28(23)24/h5,7,10,14,17-22,24H,4,6,8-9,11-13,15-16H2,1-3H3/q-1/t22-,24?/m1/s1. The number of nitrogens with zero attached hydrogens (tertiary/aromatic N) is 2. The van der Waals surface area contributed by atoms with E-state index >= 15 is 0 Å². The Hall–Kier alpha value is -2.22. The molecular formula is C30H38IN2O3-. The number of Topliss-reactive ketones (excluding diaryl/α,β-unsaturated/α-hetero) is 1. The molecule has 2 heterocycles. The Morgan fingerprint density at radius 3 is 2.92 bits per heavy atom. The van der Waals surface area contributed by atoms with Crippen LogP contribution in [-0.4, -0.2) is 22.0 Å². The van der Waals surface area contributed by atoms with Crippen LogP contribution < -0.4 is 21.2 Å². The second kappa shape index (κ2) is 13.4. The number of halogens is 1. The van der Waals surface area contributed by atoms with Crippen molar-refractivity contribution in [3.63, 3.8) is 0 Å². The van der Waals surface area contributed by atoms with Crippen LogP contribution in [0.2, 0.25) is 0 Å². The van der Waals surface area contributed by atoms with Gasteiger partial charge in [-0.3, -0.25) is 4.79 Å². The molecule has 36 heavy (non-hydrogen) atoms. The number of ketones is 1. The van der Waals surface area contributed by atoms with E-state index in [1.54, 1.807) is 0 Å². The van der Waals surface area contributed by atoms with Gasteiger partial charge in [0.25, 0.3) is 0 Å². The van der Waals surface area contributed by atoms with Crippen LogP contribution in [0, 0.1) is 0 Å². The predicted molar refractivity (Wildman–Crippen MR) is 139 cm³/mol. The van der Waals surface area contributed by atoms with E-state index in [0.29, 0.717) is 36.3 Å². The zero-order chi connectivity index (χ0) is 25.3. The molecule has 0 saturated heterocycles. The molecule has 5 nitrogen and oxygen atoms in total. The van der Waals surface area contributed by atoms with Crippen LogP contribution in [-0.2, 0) is 16.0 Å². The maximum absolute atomic E-state index is 12.5. The van der Waals surface area contributed by atoms with Crippen molar-refractivity contribution in [3.05, 3.63) is 73.2 Å². The van der Waals surface area contributed by atoms with E-state index in [2.05, 4.69) is 55.6 Å². The van der Waals surface area contributed by atoms with Gasteiger partial charge >= 0.3 is 148 Å². The first-order valence-electron chi connectivity index (χ1n) is 13.3. The fourth-order valence-corrected chi connectivity index (χ4v) is 6.45. The zero-order valence-corrected chi connectivity index (χ0v) is 23.9. The molecule has 1 unspecified atom stereocenters. The molecule has 4 rings (SSSR count). The van der Waals surface area contributed by atoms with E-state index in [9.17, 15) is 4.79 Å². The Kier molecular flexibility index (Phi) is 9.96. The Morgan fingerprint density at radius 2 is 2.06 bits per heavy atom. The summed E-state index contributed by atoms with van der Waals surface area (Å²) < 4.78 is 15.8. The van der Waals surface area contributed by atoms with Gasteiger partial charge in [0, 0.05) is 6.42 Å². The molecule has 1 aromatic carbocycles. The van der Waals surface area contributed by atoms with Gasteiger partial charge in [0.1, 0.15) is 0 Å². The van der Waals surface area contributed by atoms with Crippen LogP contribution in [0.4, 0.5) is 0 Å². The average molecular weight is 602 g/mol. The normalized spacial score (nSPS) is 18.5. The van der Waals surface area contributed by atoms with Gasteiger partial charge in [0.2, 0.25) is 0 Å². The first kappa shape index (κ1) is 26.8. The summed E-state index contributed by atoms with van der Waals surface area (Å²) in [6.07, 6.45) is 13.0. The van der Waals surface area contributed by atoms with Gasteiger partial charge in [-0.1, -0.05) is 24.3 Å². The van der Waals surface area contributed by atoms with E-state index in [1.807, 2.05) is 19.9 Å². The van der Waals surface area contributed by atoms with Gasteiger partial charge in [0.15, 0.2) is 0 Å². The van der Waals surface area contributed by atoms with Crippen molar-refractivity contribution in [2.75, 3.05) is 0 Å². The maximum atomic E-state index is 12.5. The summed E-state index contributed by atoms with van der Waals surface area (Å²) in [4.78, 5) is 17.2. The van der Waals surface area contributed by atoms with Crippen molar-refractivity contribution < 1.29 is 35.3 Å². The second-order valence-corrected chi connectivity index (χ2v) is 12.2. The number of aromatic nitrogens is 2. The minimum atomic E-state index is -0.178. The summed E-state index contributed by atoms with van der Waals surface area (Å²) in [5, 5.41) is 4.23. The summed E-state index contributed by atoms with van der Waals surface area (Å²) in [7, 11) is 0. The summed E-state index contributed by atoms with van der Waals surface area (Å²) >= 11 is -0.178. The molecule has 0 fully saturated rings. The predicted octanol–water partition coefficient (Wildman–Crippen LogP) is 4.47. The molecule has 1 aromatic heterocycles. The number of hydrogen-bond acceptors (Lipinski definition) is 5. The fraction of sp³-hybridized carbons (Fsp3) is 0.500. The van der Waals surface area contributed by atoms with E-state index in [-0.39, 0.29) is 33.2 Å². The summed E-state index contributed by atoms with van der Waals surface area (Å²) in [5.74, 6) is 3.27. The third-order valence-electron chi connectivity index (χ3n) is 6.88. The number of carbonyl (C=O) groups excluding carboxylic acids is 1. The molecule has 0 radical (unpaired) electrons. The number of carbonyl (C=O) groups is 1. The van der Waals surface area contributed by atoms with Gasteiger partial charge in [-0.15, -0.1) is 0 Å².